The highest BCUT2D eigenvalue weighted by molar-refractivity contribution is 9.11. The molecule has 0 amide bonds. The third-order valence-corrected chi connectivity index (χ3v) is 34.9. The number of para-hydroxylation sites is 2. The monoisotopic (exact) mass is 2510 g/mol. The third kappa shape index (κ3) is 28.5. The standard InChI is InChI=1S/C19H13Br.C19H15Br.C13H10BrN.C13H9Br.C12H9Br.C10H15Br.C10H7Br.C10H2.C7H11Br.C7H7Br.C4H3BrS.BrH.5H2/c20-19(14-8-2-1-3-9-14)17-12-6-4-10-15(17)16-11-5-7-13-18(16)19;20-19(16-10-4-1-5-11-16,17-12-6-2-7-13-17)18-14-8-3-9-15-18;14-9-15-12-7-3-1-5-10(12)11-6-2-4-8-13(11)15;14-11-5-6-13-10(8-11)7-9-3-1-2-4-12(9)13;13-12-8-6-11(7-9-12)10-4-2-1-3-5-10;11-10-8-2-6-1-7(4-8)5-9(10)3-6;11-10-6-5-8-3-1-2-4-9(8)7-10;1-3-5-7-9-10-8-6-4-2;8-7-4-5-1-2-6(7)3-5;8-6-7-4-2-1-3-5-7;5-4-2-1-3-6-4;;;;;;/h1-13H;1-15H;1-8H,9H2;1-6,8H,7H2;1-9H;6-10H,1-5H2;1-7H;1-2H;5-7H,1-4H2;1-5H,6H2;1-3H;6*1H. The molecule has 13 heteroatoms. The van der Waals surface area contributed by atoms with E-state index in [1.165, 1.54) is 150 Å². The normalized spacial score (nSPS) is 17.1. The van der Waals surface area contributed by atoms with Crippen LogP contribution in [0.25, 0.3) is 66.0 Å². The first kappa shape index (κ1) is 105. The number of rotatable bonds is 7. The molecule has 0 spiro atoms. The maximum atomic E-state index is 4.81. The molecule has 8 aliphatic rings. The predicted octanol–water partition coefficient (Wildman–Crippen LogP) is 39.6. The molecular weight excluding hydrogens is 2410 g/mol. The summed E-state index contributed by atoms with van der Waals surface area (Å²) in [7, 11) is 0. The molecule has 0 saturated heterocycles. The number of benzene rings is 15. The molecule has 1 nitrogen and oxygen atoms in total. The van der Waals surface area contributed by atoms with Gasteiger partial charge in [0, 0.05) is 57.3 Å². The minimum absolute atomic E-state index is 0. The van der Waals surface area contributed by atoms with Crippen LogP contribution in [-0.4, -0.2) is 14.2 Å². The van der Waals surface area contributed by atoms with Crippen LogP contribution in [0.3, 0.4) is 0 Å². The van der Waals surface area contributed by atoms with E-state index >= 15 is 0 Å². The van der Waals surface area contributed by atoms with Crippen molar-refractivity contribution in [1.29, 1.82) is 0 Å². The molecule has 2 heterocycles. The van der Waals surface area contributed by atoms with Gasteiger partial charge < -0.3 is 4.57 Å². The third-order valence-electron chi connectivity index (χ3n) is 25.5. The van der Waals surface area contributed by atoms with Crippen LogP contribution in [0.1, 0.15) is 115 Å². The molecule has 6 bridgehead atoms. The van der Waals surface area contributed by atoms with Gasteiger partial charge >= 0.3 is 0 Å². The zero-order chi connectivity index (χ0) is 94.9. The zero-order valence-corrected chi connectivity index (χ0v) is 93.9. The molecular formula is C124H112Br11NS. The molecule has 3 atom stereocenters. The van der Waals surface area contributed by atoms with E-state index in [1.807, 2.05) is 60.0 Å². The van der Waals surface area contributed by atoms with Gasteiger partial charge in [0.25, 0.3) is 0 Å². The molecule has 137 heavy (non-hydrogen) atoms. The van der Waals surface area contributed by atoms with Crippen LogP contribution in [-0.2, 0) is 25.9 Å². The van der Waals surface area contributed by atoms with E-state index < -0.39 is 0 Å². The molecule has 6 fully saturated rings. The fourth-order valence-electron chi connectivity index (χ4n) is 19.4. The van der Waals surface area contributed by atoms with Crippen LogP contribution in [0, 0.1) is 95.7 Å². The first-order valence-electron chi connectivity index (χ1n) is 45.7. The molecule has 15 aromatic carbocycles. The summed E-state index contributed by atoms with van der Waals surface area (Å²) in [4.78, 5) is 1.79. The summed E-state index contributed by atoms with van der Waals surface area (Å²) < 4.78 is 6.36. The molecule has 2 aromatic heterocycles. The van der Waals surface area contributed by atoms with Gasteiger partial charge in [-0.05, 0) is 311 Å². The number of hydrogen-bond donors (Lipinski definition) is 0. The van der Waals surface area contributed by atoms with Crippen LogP contribution >= 0.6 is 188 Å². The summed E-state index contributed by atoms with van der Waals surface area (Å²) in [6, 6.07) is 139. The van der Waals surface area contributed by atoms with Crippen LogP contribution in [0.2, 0.25) is 0 Å². The molecule has 3 unspecified atom stereocenters. The van der Waals surface area contributed by atoms with Crippen molar-refractivity contribution < 1.29 is 7.13 Å². The number of fused-ring (bicyclic) bond motifs is 12. The minimum Gasteiger partial charge on any atom is -0.330 e. The van der Waals surface area contributed by atoms with Gasteiger partial charge in [0.2, 0.25) is 0 Å². The van der Waals surface area contributed by atoms with Crippen LogP contribution in [0.4, 0.5) is 0 Å². The summed E-state index contributed by atoms with van der Waals surface area (Å²) in [5.74, 6) is 24.9. The highest BCUT2D eigenvalue weighted by Gasteiger charge is 2.47. The zero-order valence-electron chi connectivity index (χ0n) is 75.5. The number of aromatic nitrogens is 1. The van der Waals surface area contributed by atoms with E-state index in [0.29, 0.717) is 0 Å². The Morgan fingerprint density at radius 3 is 1.26 bits per heavy atom. The van der Waals surface area contributed by atoms with Crippen LogP contribution < -0.4 is 0 Å². The van der Waals surface area contributed by atoms with Crippen molar-refractivity contribution in [2.24, 2.45) is 35.5 Å². The SMILES string of the molecule is Br.BrC(c1ccccc1)(c1ccccc1)c1ccccc1.BrC1(c2ccccc2)c2ccccc2-c2ccccc21.BrC1C2CC3CC(C2)CC1C3.BrC1CC2CCC1C2.BrCc1ccccc1.BrCn1c2ccccc2c2ccccc21.Brc1ccc(-c2ccccc2)cc1.Brc1ccc2c(c1)Cc1ccccc1-2.Brc1ccc2ccccc2c1.Brc1cccs1.C#CC#CC#CC#CC#C.[HH].[HH].[HH].[HH].[HH]. The fourth-order valence-corrected chi connectivity index (χ4v) is 25.9. The lowest BCUT2D eigenvalue weighted by Crippen LogP contribution is -2.45. The molecule has 6 saturated carbocycles. The summed E-state index contributed by atoms with van der Waals surface area (Å²) in [5.41, 5.74) is 23.2. The van der Waals surface area contributed by atoms with Gasteiger partial charge in [-0.15, -0.1) is 41.2 Å². The Labute approximate surface area is 917 Å². The molecule has 17 aromatic rings. The highest BCUT2D eigenvalue weighted by atomic mass is 79.9. The van der Waals surface area contributed by atoms with E-state index in [1.54, 1.807) is 43.4 Å². The Balaban J connectivity index is 0.000000193. The summed E-state index contributed by atoms with van der Waals surface area (Å²) >= 11 is 37.9. The number of thiophene rings is 1. The lowest BCUT2D eigenvalue weighted by Gasteiger charge is -2.52. The van der Waals surface area contributed by atoms with E-state index in [4.69, 9.17) is 12.8 Å². The first-order chi connectivity index (χ1) is 66.5. The van der Waals surface area contributed by atoms with Crippen molar-refractivity contribution in [2.45, 2.75) is 93.3 Å². The summed E-state index contributed by atoms with van der Waals surface area (Å²) in [6.45, 7) is 0. The van der Waals surface area contributed by atoms with Gasteiger partial charge in [-0.25, -0.2) is 0 Å². The van der Waals surface area contributed by atoms with Crippen LogP contribution in [0.5, 0.6) is 0 Å². The molecule has 696 valence electrons. The van der Waals surface area contributed by atoms with Gasteiger partial charge in [-0.2, -0.15) is 0 Å². The summed E-state index contributed by atoms with van der Waals surface area (Å²) in [5, 5.41) is 8.20. The molecule has 25 rings (SSSR count). The second-order valence-corrected chi connectivity index (χ2v) is 44.8. The van der Waals surface area contributed by atoms with Crippen molar-refractivity contribution >= 4 is 220 Å². The Morgan fingerprint density at radius 1 is 0.372 bits per heavy atom. The second kappa shape index (κ2) is 54.2. The second-order valence-electron chi connectivity index (χ2n) is 34.1. The van der Waals surface area contributed by atoms with E-state index in [-0.39, 0.29) is 32.8 Å². The lowest BCUT2D eigenvalue weighted by molar-refractivity contribution is 0.0288. The Morgan fingerprint density at radius 2 is 0.796 bits per heavy atom. The maximum absolute atomic E-state index is 4.81. The Kier molecular flexibility index (Phi) is 41.7. The average molecular weight is 2530 g/mol. The quantitative estimate of drug-likeness (QED) is 0.0851. The largest absolute Gasteiger partial charge is 0.330 e. The summed E-state index contributed by atoms with van der Waals surface area (Å²) in [6.07, 6.45) is 24.5. The van der Waals surface area contributed by atoms with Crippen molar-refractivity contribution in [3.8, 4) is 93.6 Å². The molecule has 0 aliphatic heterocycles. The van der Waals surface area contributed by atoms with Crippen molar-refractivity contribution in [3.63, 3.8) is 0 Å². The Bertz CT molecular complexity index is 6690. The number of terminal acetylenes is 2. The van der Waals surface area contributed by atoms with E-state index in [2.05, 4.69) is 557 Å². The smallest absolute Gasteiger partial charge is 0.102 e. The molecule has 0 radical (unpaired) electrons. The van der Waals surface area contributed by atoms with Crippen molar-refractivity contribution in [3.05, 3.63) is 473 Å². The molecule has 8 aliphatic carbocycles. The first-order valence-corrected chi connectivity index (χ1v) is 55.4. The topological polar surface area (TPSA) is 4.93 Å². The van der Waals surface area contributed by atoms with Crippen LogP contribution in [0.15, 0.2) is 423 Å². The average Bonchev–Trinajstić information content (AvgIpc) is 1.57. The van der Waals surface area contributed by atoms with Gasteiger partial charge in [-0.3, -0.25) is 0 Å². The Hall–Kier alpha value is -8.86. The number of nitrogens with zero attached hydrogens (tertiary/aromatic N) is 1. The lowest BCUT2D eigenvalue weighted by atomic mass is 9.56. The predicted molar refractivity (Wildman–Crippen MR) is 638 cm³/mol. The van der Waals surface area contributed by atoms with Gasteiger partial charge in [-0.1, -0.05) is 496 Å². The maximum Gasteiger partial charge on any atom is 0.102 e. The highest BCUT2D eigenvalue weighted by Crippen LogP contribution is 2.58. The minimum atomic E-state index is -0.309. The van der Waals surface area contributed by atoms with E-state index in [9.17, 15) is 0 Å². The number of hydrogen-bond acceptors (Lipinski definition) is 1. The number of halogens is 11. The van der Waals surface area contributed by atoms with Gasteiger partial charge in [0.1, 0.15) is 8.65 Å². The molecule has 0 N–H and O–H groups in total. The van der Waals surface area contributed by atoms with E-state index in [0.717, 1.165) is 71.3 Å². The van der Waals surface area contributed by atoms with Gasteiger partial charge in [0.15, 0.2) is 0 Å². The fraction of sp³-hybridized carbons (Fsp3) is 0.177. The van der Waals surface area contributed by atoms with Gasteiger partial charge in [0.05, 0.1) is 9.24 Å². The number of alkyl halides is 6. The van der Waals surface area contributed by atoms with Crippen molar-refractivity contribution in [2.75, 3.05) is 0 Å². The van der Waals surface area contributed by atoms with Crippen molar-refractivity contribution in [1.82, 2.24) is 4.57 Å².